The van der Waals surface area contributed by atoms with E-state index in [9.17, 15) is 10.1 Å². The standard InChI is InChI=1S/C12H15N3O2/c1-12(2,13)8-14-6-5-9-7-10(15(16)17)3-4-11(9)14/h3-7H,8,13H2,1-2H3. The summed E-state index contributed by atoms with van der Waals surface area (Å²) >= 11 is 0. The molecule has 0 radical (unpaired) electrons. The largest absolute Gasteiger partial charge is 0.346 e. The van der Waals surface area contributed by atoms with Crippen LogP contribution in [0.1, 0.15) is 13.8 Å². The molecule has 0 aliphatic rings. The van der Waals surface area contributed by atoms with Crippen molar-refractivity contribution in [3.8, 4) is 0 Å². The molecule has 2 aromatic rings. The lowest BCUT2D eigenvalue weighted by molar-refractivity contribution is -0.384. The summed E-state index contributed by atoms with van der Waals surface area (Å²) < 4.78 is 2.01. The molecule has 1 aromatic heterocycles. The predicted octanol–water partition coefficient (Wildman–Crippen LogP) is 2.29. The molecule has 0 saturated heterocycles. The lowest BCUT2D eigenvalue weighted by Gasteiger charge is -2.19. The molecule has 0 aliphatic carbocycles. The summed E-state index contributed by atoms with van der Waals surface area (Å²) in [6, 6.07) is 6.73. The molecule has 90 valence electrons. The van der Waals surface area contributed by atoms with Gasteiger partial charge in [-0.2, -0.15) is 0 Å². The highest BCUT2D eigenvalue weighted by Crippen LogP contribution is 2.22. The van der Waals surface area contributed by atoms with Crippen molar-refractivity contribution in [3.05, 3.63) is 40.6 Å². The number of hydrogen-bond donors (Lipinski definition) is 1. The average molecular weight is 233 g/mol. The van der Waals surface area contributed by atoms with Crippen molar-refractivity contribution in [3.63, 3.8) is 0 Å². The Hall–Kier alpha value is -1.88. The maximum absolute atomic E-state index is 10.7. The summed E-state index contributed by atoms with van der Waals surface area (Å²) in [5.74, 6) is 0. The lowest BCUT2D eigenvalue weighted by Crippen LogP contribution is -2.36. The number of hydrogen-bond acceptors (Lipinski definition) is 3. The van der Waals surface area contributed by atoms with Crippen LogP contribution >= 0.6 is 0 Å². The Balaban J connectivity index is 2.45. The highest BCUT2D eigenvalue weighted by Gasteiger charge is 2.14. The minimum absolute atomic E-state index is 0.113. The first-order valence-corrected chi connectivity index (χ1v) is 5.39. The smallest absolute Gasteiger partial charge is 0.270 e. The van der Waals surface area contributed by atoms with E-state index < -0.39 is 0 Å². The molecule has 0 unspecified atom stereocenters. The highest BCUT2D eigenvalue weighted by atomic mass is 16.6. The van der Waals surface area contributed by atoms with Gasteiger partial charge in [0.25, 0.3) is 5.69 Å². The topological polar surface area (TPSA) is 74.1 Å². The Morgan fingerprint density at radius 1 is 1.41 bits per heavy atom. The predicted molar refractivity (Wildman–Crippen MR) is 66.9 cm³/mol. The van der Waals surface area contributed by atoms with Crippen LogP contribution in [0.25, 0.3) is 10.9 Å². The maximum Gasteiger partial charge on any atom is 0.270 e. The van der Waals surface area contributed by atoms with Crippen LogP contribution in [0, 0.1) is 10.1 Å². The van der Waals surface area contributed by atoms with Gasteiger partial charge in [-0.15, -0.1) is 0 Å². The van der Waals surface area contributed by atoms with Crippen molar-refractivity contribution in [1.29, 1.82) is 0 Å². The molecule has 0 amide bonds. The van der Waals surface area contributed by atoms with Gasteiger partial charge < -0.3 is 10.3 Å². The van der Waals surface area contributed by atoms with Crippen LogP contribution in [-0.4, -0.2) is 15.0 Å². The average Bonchev–Trinajstić information content (AvgIpc) is 2.58. The number of aromatic nitrogens is 1. The first-order chi connectivity index (χ1) is 7.87. The van der Waals surface area contributed by atoms with Gasteiger partial charge >= 0.3 is 0 Å². The summed E-state index contributed by atoms with van der Waals surface area (Å²) in [5, 5.41) is 11.5. The van der Waals surface area contributed by atoms with Crippen LogP contribution < -0.4 is 5.73 Å². The van der Waals surface area contributed by atoms with Gasteiger partial charge in [0.1, 0.15) is 0 Å². The van der Waals surface area contributed by atoms with Gasteiger partial charge in [0, 0.05) is 41.3 Å². The first-order valence-electron chi connectivity index (χ1n) is 5.39. The molecule has 0 fully saturated rings. The number of nitro benzene ring substituents is 1. The fraction of sp³-hybridized carbons (Fsp3) is 0.333. The monoisotopic (exact) mass is 233 g/mol. The fourth-order valence-corrected chi connectivity index (χ4v) is 1.88. The van der Waals surface area contributed by atoms with Gasteiger partial charge in [0.05, 0.1) is 4.92 Å². The molecule has 1 aromatic carbocycles. The zero-order valence-corrected chi connectivity index (χ0v) is 9.88. The van der Waals surface area contributed by atoms with Crippen molar-refractivity contribution in [2.45, 2.75) is 25.9 Å². The molecular weight excluding hydrogens is 218 g/mol. The number of nitrogens with zero attached hydrogens (tertiary/aromatic N) is 2. The number of non-ortho nitro benzene ring substituents is 1. The molecule has 5 nitrogen and oxygen atoms in total. The first kappa shape index (κ1) is 11.6. The Bertz CT molecular complexity index is 567. The Morgan fingerprint density at radius 3 is 2.71 bits per heavy atom. The van der Waals surface area contributed by atoms with Crippen LogP contribution in [0.2, 0.25) is 0 Å². The van der Waals surface area contributed by atoms with Crippen molar-refractivity contribution in [2.75, 3.05) is 0 Å². The van der Waals surface area contributed by atoms with Crippen LogP contribution in [0.15, 0.2) is 30.5 Å². The summed E-state index contributed by atoms with van der Waals surface area (Å²) in [6.45, 7) is 4.57. The van der Waals surface area contributed by atoms with Gasteiger partial charge in [-0.25, -0.2) is 0 Å². The molecule has 17 heavy (non-hydrogen) atoms. The number of fused-ring (bicyclic) bond motifs is 1. The van der Waals surface area contributed by atoms with E-state index in [1.807, 2.05) is 30.7 Å². The molecule has 0 atom stereocenters. The molecular formula is C12H15N3O2. The van der Waals surface area contributed by atoms with Gasteiger partial charge in [-0.05, 0) is 26.0 Å². The zero-order chi connectivity index (χ0) is 12.6. The van der Waals surface area contributed by atoms with E-state index in [4.69, 9.17) is 5.73 Å². The molecule has 2 N–H and O–H groups in total. The van der Waals surface area contributed by atoms with Crippen molar-refractivity contribution in [2.24, 2.45) is 5.73 Å². The second kappa shape index (κ2) is 3.85. The van der Waals surface area contributed by atoms with E-state index in [0.717, 1.165) is 10.9 Å². The minimum atomic E-state index is -0.385. The molecule has 0 bridgehead atoms. The van der Waals surface area contributed by atoms with Crippen molar-refractivity contribution >= 4 is 16.6 Å². The number of nitrogens with two attached hydrogens (primary N) is 1. The summed E-state index contributed by atoms with van der Waals surface area (Å²) in [6.07, 6.45) is 1.91. The van der Waals surface area contributed by atoms with Gasteiger partial charge in [-0.1, -0.05) is 0 Å². The van der Waals surface area contributed by atoms with Gasteiger partial charge in [-0.3, -0.25) is 10.1 Å². The SMILES string of the molecule is CC(C)(N)Cn1ccc2cc([N+](=O)[O-])ccc21. The Labute approximate surface area is 99.0 Å². The highest BCUT2D eigenvalue weighted by molar-refractivity contribution is 5.82. The van der Waals surface area contributed by atoms with Gasteiger partial charge in [0.15, 0.2) is 0 Å². The van der Waals surface area contributed by atoms with Crippen LogP contribution in [0.3, 0.4) is 0 Å². The molecule has 1 heterocycles. The van der Waals surface area contributed by atoms with E-state index in [1.165, 1.54) is 6.07 Å². The second-order valence-corrected chi connectivity index (χ2v) is 4.93. The molecule has 2 rings (SSSR count). The Kier molecular flexibility index (Phi) is 2.63. The number of nitro groups is 1. The fourth-order valence-electron chi connectivity index (χ4n) is 1.88. The molecule has 0 saturated carbocycles. The molecule has 0 spiro atoms. The van der Waals surface area contributed by atoms with Crippen molar-refractivity contribution < 1.29 is 4.92 Å². The van der Waals surface area contributed by atoms with Crippen LogP contribution in [0.5, 0.6) is 0 Å². The quantitative estimate of drug-likeness (QED) is 0.652. The minimum Gasteiger partial charge on any atom is -0.346 e. The third kappa shape index (κ3) is 2.45. The Morgan fingerprint density at radius 2 is 2.12 bits per heavy atom. The lowest BCUT2D eigenvalue weighted by atomic mass is 10.1. The van der Waals surface area contributed by atoms with Crippen LogP contribution in [-0.2, 0) is 6.54 Å². The molecule has 0 aliphatic heterocycles. The van der Waals surface area contributed by atoms with E-state index >= 15 is 0 Å². The van der Waals surface area contributed by atoms with E-state index in [0.29, 0.717) is 6.54 Å². The summed E-state index contributed by atoms with van der Waals surface area (Å²) in [5.41, 5.74) is 6.73. The van der Waals surface area contributed by atoms with E-state index in [1.54, 1.807) is 12.1 Å². The van der Waals surface area contributed by atoms with Gasteiger partial charge in [0.2, 0.25) is 0 Å². The van der Waals surface area contributed by atoms with Crippen molar-refractivity contribution in [1.82, 2.24) is 4.57 Å². The third-order valence-corrected chi connectivity index (χ3v) is 2.54. The molecule has 5 heteroatoms. The second-order valence-electron chi connectivity index (χ2n) is 4.93. The normalized spacial score (nSPS) is 11.9. The van der Waals surface area contributed by atoms with E-state index in [-0.39, 0.29) is 16.1 Å². The van der Waals surface area contributed by atoms with Crippen LogP contribution in [0.4, 0.5) is 5.69 Å². The third-order valence-electron chi connectivity index (χ3n) is 2.54. The zero-order valence-electron chi connectivity index (χ0n) is 9.88. The van der Waals surface area contributed by atoms with E-state index in [2.05, 4.69) is 0 Å². The number of benzene rings is 1. The maximum atomic E-state index is 10.7. The summed E-state index contributed by atoms with van der Waals surface area (Å²) in [4.78, 5) is 10.3. The number of rotatable bonds is 3. The summed E-state index contributed by atoms with van der Waals surface area (Å²) in [7, 11) is 0.